The molecule has 0 spiro atoms. The highest BCUT2D eigenvalue weighted by Gasteiger charge is 2.25. The van der Waals surface area contributed by atoms with Gasteiger partial charge in [-0.3, -0.25) is 9.88 Å². The molecule has 4 heterocycles. The molecule has 0 N–H and O–H groups in total. The number of thiophene rings is 1. The molecule has 3 aromatic rings. The van der Waals surface area contributed by atoms with Gasteiger partial charge >= 0.3 is 0 Å². The lowest BCUT2D eigenvalue weighted by molar-refractivity contribution is 0.171. The zero-order chi connectivity index (χ0) is 17.2. The number of aryl methyl sites for hydroxylation is 2. The van der Waals surface area contributed by atoms with E-state index in [1.165, 1.54) is 34.8 Å². The van der Waals surface area contributed by atoms with Gasteiger partial charge < -0.3 is 4.57 Å². The molecule has 4 nitrogen and oxygen atoms in total. The van der Waals surface area contributed by atoms with Crippen molar-refractivity contribution in [2.45, 2.75) is 39.3 Å². The maximum Gasteiger partial charge on any atom is 0.141 e. The van der Waals surface area contributed by atoms with Gasteiger partial charge in [0.1, 0.15) is 5.82 Å². The van der Waals surface area contributed by atoms with Gasteiger partial charge in [0.05, 0.1) is 0 Å². The number of hydrogen-bond donors (Lipinski definition) is 0. The monoisotopic (exact) mass is 352 g/mol. The smallest absolute Gasteiger partial charge is 0.141 e. The highest BCUT2D eigenvalue weighted by Crippen LogP contribution is 2.30. The van der Waals surface area contributed by atoms with Crippen molar-refractivity contribution in [2.75, 3.05) is 13.1 Å². The maximum absolute atomic E-state index is 4.68. The average Bonchev–Trinajstić information content (AvgIpc) is 3.21. The van der Waals surface area contributed by atoms with Crippen LogP contribution in [0.3, 0.4) is 0 Å². The molecule has 0 radical (unpaired) electrons. The summed E-state index contributed by atoms with van der Waals surface area (Å²) < 4.78 is 2.42. The van der Waals surface area contributed by atoms with E-state index in [0.29, 0.717) is 6.04 Å². The Bertz CT molecular complexity index is 837. The molecule has 0 bridgehead atoms. The first kappa shape index (κ1) is 16.5. The lowest BCUT2D eigenvalue weighted by Crippen LogP contribution is -2.36. The second kappa shape index (κ2) is 7.10. The molecule has 4 rings (SSSR count). The molecular weight excluding hydrogens is 328 g/mol. The molecule has 5 heteroatoms. The fourth-order valence-electron chi connectivity index (χ4n) is 3.79. The van der Waals surface area contributed by atoms with Crippen molar-refractivity contribution in [3.05, 3.63) is 58.3 Å². The second-order valence-corrected chi connectivity index (χ2v) is 8.25. The van der Waals surface area contributed by atoms with Crippen LogP contribution in [-0.4, -0.2) is 32.5 Å². The van der Waals surface area contributed by atoms with Crippen molar-refractivity contribution in [1.82, 2.24) is 19.4 Å². The SMILES string of the molecule is Cc1ccc(CN2CCCC(n3c(C)cnc3-c3cccnc3)C2)s1. The van der Waals surface area contributed by atoms with Gasteiger partial charge in [0, 0.05) is 58.7 Å². The van der Waals surface area contributed by atoms with Gasteiger partial charge in [-0.15, -0.1) is 11.3 Å². The number of nitrogens with zero attached hydrogens (tertiary/aromatic N) is 4. The van der Waals surface area contributed by atoms with Crippen molar-refractivity contribution in [3.8, 4) is 11.4 Å². The summed E-state index contributed by atoms with van der Waals surface area (Å²) in [4.78, 5) is 14.4. The van der Waals surface area contributed by atoms with Crippen molar-refractivity contribution in [3.63, 3.8) is 0 Å². The standard InChI is InChI=1S/C20H24N4S/c1-15-11-22-20(17-5-3-9-21-12-17)24(15)18-6-4-10-23(13-18)14-19-8-7-16(2)25-19/h3,5,7-9,11-12,18H,4,6,10,13-14H2,1-2H3. The van der Waals surface area contributed by atoms with Crippen molar-refractivity contribution < 1.29 is 0 Å². The first-order chi connectivity index (χ1) is 12.2. The van der Waals surface area contributed by atoms with E-state index in [1.54, 1.807) is 0 Å². The van der Waals surface area contributed by atoms with E-state index in [1.807, 2.05) is 36.0 Å². The van der Waals surface area contributed by atoms with E-state index in [-0.39, 0.29) is 0 Å². The van der Waals surface area contributed by atoms with Gasteiger partial charge in [0.25, 0.3) is 0 Å². The summed E-state index contributed by atoms with van der Waals surface area (Å²) in [7, 11) is 0. The molecule has 25 heavy (non-hydrogen) atoms. The highest BCUT2D eigenvalue weighted by atomic mass is 32.1. The third-order valence-electron chi connectivity index (χ3n) is 4.92. The van der Waals surface area contributed by atoms with E-state index < -0.39 is 0 Å². The number of rotatable bonds is 4. The highest BCUT2D eigenvalue weighted by molar-refractivity contribution is 7.11. The van der Waals surface area contributed by atoms with Gasteiger partial charge in [-0.05, 0) is 57.5 Å². The number of hydrogen-bond acceptors (Lipinski definition) is 4. The Morgan fingerprint density at radius 2 is 2.12 bits per heavy atom. The van der Waals surface area contributed by atoms with Crippen LogP contribution in [0.5, 0.6) is 0 Å². The average molecular weight is 353 g/mol. The van der Waals surface area contributed by atoms with Crippen LogP contribution >= 0.6 is 11.3 Å². The minimum Gasteiger partial charge on any atom is -0.324 e. The molecule has 1 saturated heterocycles. The third kappa shape index (κ3) is 3.53. The normalized spacial score (nSPS) is 18.6. The van der Waals surface area contributed by atoms with Crippen molar-refractivity contribution in [2.24, 2.45) is 0 Å². The summed E-state index contributed by atoms with van der Waals surface area (Å²) in [5, 5.41) is 0. The first-order valence-electron chi connectivity index (χ1n) is 8.92. The third-order valence-corrected chi connectivity index (χ3v) is 5.91. The molecule has 0 saturated carbocycles. The van der Waals surface area contributed by atoms with Gasteiger partial charge in [0.2, 0.25) is 0 Å². The maximum atomic E-state index is 4.68. The van der Waals surface area contributed by atoms with E-state index in [0.717, 1.165) is 24.5 Å². The molecule has 1 atom stereocenters. The Kier molecular flexibility index (Phi) is 4.68. The van der Waals surface area contributed by atoms with Crippen molar-refractivity contribution in [1.29, 1.82) is 0 Å². The fourth-order valence-corrected chi connectivity index (χ4v) is 4.72. The van der Waals surface area contributed by atoms with Crippen molar-refractivity contribution >= 4 is 11.3 Å². The molecule has 1 aliphatic heterocycles. The summed E-state index contributed by atoms with van der Waals surface area (Å²) in [5.41, 5.74) is 2.33. The Morgan fingerprint density at radius 3 is 2.88 bits per heavy atom. The summed E-state index contributed by atoms with van der Waals surface area (Å²) in [6, 6.07) is 9.05. The molecule has 3 aromatic heterocycles. The number of likely N-dealkylation sites (tertiary alicyclic amines) is 1. The largest absolute Gasteiger partial charge is 0.324 e. The van der Waals surface area contributed by atoms with E-state index in [9.17, 15) is 0 Å². The quantitative estimate of drug-likeness (QED) is 0.695. The molecular formula is C20H24N4S. The molecule has 130 valence electrons. The molecule has 1 unspecified atom stereocenters. The van der Waals surface area contributed by atoms with E-state index in [2.05, 4.69) is 51.5 Å². The van der Waals surface area contributed by atoms with Gasteiger partial charge in [-0.2, -0.15) is 0 Å². The Balaban J connectivity index is 1.56. The first-order valence-corrected chi connectivity index (χ1v) is 9.74. The molecule has 1 fully saturated rings. The molecule has 0 aromatic carbocycles. The summed E-state index contributed by atoms with van der Waals surface area (Å²) >= 11 is 1.91. The van der Waals surface area contributed by atoms with Crippen LogP contribution in [0.4, 0.5) is 0 Å². The van der Waals surface area contributed by atoms with Crippen LogP contribution < -0.4 is 0 Å². The molecule has 0 aliphatic carbocycles. The topological polar surface area (TPSA) is 34.0 Å². The minimum atomic E-state index is 0.479. The van der Waals surface area contributed by atoms with Gasteiger partial charge in [-0.1, -0.05) is 0 Å². The molecule has 1 aliphatic rings. The number of imidazole rings is 1. The zero-order valence-corrected chi connectivity index (χ0v) is 15.7. The van der Waals surface area contributed by atoms with Crippen LogP contribution in [0.25, 0.3) is 11.4 Å². The fraction of sp³-hybridized carbons (Fsp3) is 0.400. The number of pyridine rings is 1. The predicted octanol–water partition coefficient (Wildman–Crippen LogP) is 4.46. The Labute approximate surface area is 153 Å². The number of piperidine rings is 1. The van der Waals surface area contributed by atoms with Crippen LogP contribution in [0, 0.1) is 13.8 Å². The lowest BCUT2D eigenvalue weighted by atomic mass is 10.0. The van der Waals surface area contributed by atoms with Crippen LogP contribution in [0.1, 0.15) is 34.3 Å². The summed E-state index contributed by atoms with van der Waals surface area (Å²) in [5.74, 6) is 1.05. The number of aromatic nitrogens is 3. The summed E-state index contributed by atoms with van der Waals surface area (Å²) in [6.45, 7) is 7.67. The minimum absolute atomic E-state index is 0.479. The van der Waals surface area contributed by atoms with Crippen LogP contribution in [0.2, 0.25) is 0 Å². The Hall–Kier alpha value is -1.98. The predicted molar refractivity (Wildman–Crippen MR) is 103 cm³/mol. The van der Waals surface area contributed by atoms with Crippen LogP contribution in [0.15, 0.2) is 42.9 Å². The zero-order valence-electron chi connectivity index (χ0n) is 14.9. The molecule has 0 amide bonds. The van der Waals surface area contributed by atoms with E-state index >= 15 is 0 Å². The Morgan fingerprint density at radius 1 is 1.20 bits per heavy atom. The van der Waals surface area contributed by atoms with Gasteiger partial charge in [-0.25, -0.2) is 4.98 Å². The summed E-state index contributed by atoms with van der Waals surface area (Å²) in [6.07, 6.45) is 8.16. The second-order valence-electron chi connectivity index (χ2n) is 6.88. The lowest BCUT2D eigenvalue weighted by Gasteiger charge is -2.34. The van der Waals surface area contributed by atoms with E-state index in [4.69, 9.17) is 0 Å². The van der Waals surface area contributed by atoms with Crippen LogP contribution in [-0.2, 0) is 6.54 Å². The van der Waals surface area contributed by atoms with Gasteiger partial charge in [0.15, 0.2) is 0 Å².